The summed E-state index contributed by atoms with van der Waals surface area (Å²) in [6, 6.07) is 0. The molecule has 111 heavy (non-hydrogen) atoms. The molecule has 8 fully saturated rings. The molecule has 636 valence electrons. The van der Waals surface area contributed by atoms with Crippen molar-refractivity contribution in [3.8, 4) is 0 Å². The van der Waals surface area contributed by atoms with E-state index in [-0.39, 0.29) is 83.2 Å². The van der Waals surface area contributed by atoms with E-state index in [0.29, 0.717) is 77.0 Å². The van der Waals surface area contributed by atoms with Gasteiger partial charge in [-0.25, -0.2) is 0 Å². The number of carbonyl (C=O) groups is 8. The normalized spacial score (nSPS) is 28.8. The van der Waals surface area contributed by atoms with Gasteiger partial charge >= 0.3 is 47.8 Å². The molecule has 3 aliphatic carbocycles. The third-order valence-corrected chi connectivity index (χ3v) is 24.1. The molecule has 5 aliphatic heterocycles. The molecule has 0 aromatic heterocycles. The summed E-state index contributed by atoms with van der Waals surface area (Å²) in [4.78, 5) is 118. The summed E-state index contributed by atoms with van der Waals surface area (Å²) in [5.74, 6) is -12.0. The summed E-state index contributed by atoms with van der Waals surface area (Å²) in [6.07, 6.45) is 2.00. The number of piperidine rings is 3. The Morgan fingerprint density at radius 1 is 0.297 bits per heavy atom. The van der Waals surface area contributed by atoms with Gasteiger partial charge in [-0.15, -0.1) is 0 Å². The molecule has 5 saturated heterocycles. The number of ether oxygens (including phenoxy) is 12. The first-order chi connectivity index (χ1) is 50.3. The van der Waals surface area contributed by atoms with Crippen LogP contribution in [-0.4, -0.2) is 170 Å². The highest BCUT2D eigenvalue weighted by Gasteiger charge is 2.54. The molecule has 4 atom stereocenters. The monoisotopic (exact) mass is 1570 g/mol. The fourth-order valence-corrected chi connectivity index (χ4v) is 22.2. The average Bonchev–Trinajstić information content (AvgIpc) is 0.786. The lowest BCUT2D eigenvalue weighted by molar-refractivity contribution is -0.337. The van der Waals surface area contributed by atoms with E-state index in [2.05, 4.69) is 99.0 Å². The van der Waals surface area contributed by atoms with Gasteiger partial charge in [0.2, 0.25) is 0 Å². The fourth-order valence-electron chi connectivity index (χ4n) is 22.2. The van der Waals surface area contributed by atoms with Crippen molar-refractivity contribution < 1.29 is 95.2 Å². The topological polar surface area (TPSA) is 283 Å². The minimum absolute atomic E-state index is 0.118. The zero-order chi connectivity index (χ0) is 83.3. The van der Waals surface area contributed by atoms with Crippen LogP contribution in [0.25, 0.3) is 0 Å². The molecule has 23 nitrogen and oxygen atoms in total. The van der Waals surface area contributed by atoms with Crippen LogP contribution >= 0.6 is 0 Å². The van der Waals surface area contributed by atoms with Crippen molar-refractivity contribution >= 4 is 47.8 Å². The van der Waals surface area contributed by atoms with E-state index >= 15 is 19.2 Å². The van der Waals surface area contributed by atoms with E-state index in [1.807, 2.05) is 111 Å². The van der Waals surface area contributed by atoms with Gasteiger partial charge < -0.3 is 72.8 Å². The molecular weight excluding hydrogens is 1420 g/mol. The zero-order valence-electron chi connectivity index (χ0n) is 73.8. The van der Waals surface area contributed by atoms with E-state index in [0.717, 1.165) is 19.3 Å². The van der Waals surface area contributed by atoms with E-state index in [9.17, 15) is 19.2 Å². The quantitative estimate of drug-likeness (QED) is 0.0536. The molecule has 0 radical (unpaired) electrons. The third-order valence-electron chi connectivity index (χ3n) is 24.1. The van der Waals surface area contributed by atoms with E-state index in [1.54, 1.807) is 0 Å². The lowest BCUT2D eigenvalue weighted by atomic mass is 9.64. The summed E-state index contributed by atoms with van der Waals surface area (Å²) >= 11 is 0. The minimum atomic E-state index is -1.49. The Hall–Kier alpha value is -4.52. The number of hydrogen-bond acceptors (Lipinski definition) is 23. The van der Waals surface area contributed by atoms with Crippen LogP contribution in [0.4, 0.5) is 0 Å². The van der Waals surface area contributed by atoms with Crippen LogP contribution in [-0.2, 0) is 95.2 Å². The molecule has 0 aromatic carbocycles. The maximum Gasteiger partial charge on any atom is 0.310 e. The molecule has 4 unspecified atom stereocenters. The van der Waals surface area contributed by atoms with Crippen molar-refractivity contribution in [3.05, 3.63) is 0 Å². The first-order valence-electron chi connectivity index (χ1n) is 41.7. The van der Waals surface area contributed by atoms with E-state index in [1.165, 1.54) is 0 Å². The minimum Gasteiger partial charge on any atom is -0.465 e. The summed E-state index contributed by atoms with van der Waals surface area (Å²) in [6.45, 7) is 57.7. The van der Waals surface area contributed by atoms with Crippen molar-refractivity contribution in [2.75, 3.05) is 39.6 Å². The van der Waals surface area contributed by atoms with Crippen molar-refractivity contribution in [2.45, 2.75) is 398 Å². The van der Waals surface area contributed by atoms with Crippen LogP contribution in [0.3, 0.4) is 0 Å². The maximum absolute atomic E-state index is 15.1. The largest absolute Gasteiger partial charge is 0.465 e. The van der Waals surface area contributed by atoms with Gasteiger partial charge in [-0.2, -0.15) is 0 Å². The predicted octanol–water partition coefficient (Wildman–Crippen LogP) is 14.9. The van der Waals surface area contributed by atoms with Gasteiger partial charge in [0.25, 0.3) is 0 Å². The standard InChI is InChI=1S/C88H149N3O20/c1-74(2)33-54(34-75(3,4)45-74)106-66(94)31-63(71(99)111-59-43-86(25,26)91-87(27,28)44-59)60(68(96)108-55-35-76(5,6)46-77(7,8)36-55)29-64(92)100-48-80(13,14)72-102-50-88(51-103-72)52-104-73(105-53-88)81(15,16)49-101-65(93)30-61(69(97)110-58-41-84(21,22)90-85(23,24)42-58)62(70(98)109-56-37-78(9,10)47-79(11,12)38-56)32-67(95)107-57-39-82(17,18)89-83(19,20)40-57/h54-63,72-73,89-91H,29-53H2,1-28H3. The Morgan fingerprint density at radius 2 is 0.486 bits per heavy atom. The highest BCUT2D eigenvalue weighted by Crippen LogP contribution is 2.51. The summed E-state index contributed by atoms with van der Waals surface area (Å²) in [5.41, 5.74) is -6.05. The first-order valence-corrected chi connectivity index (χ1v) is 41.7. The van der Waals surface area contributed by atoms with Crippen LogP contribution in [0.2, 0.25) is 0 Å². The van der Waals surface area contributed by atoms with E-state index in [4.69, 9.17) is 56.8 Å². The van der Waals surface area contributed by atoms with Gasteiger partial charge in [0.15, 0.2) is 12.6 Å². The second kappa shape index (κ2) is 33.5. The molecule has 1 spiro atoms. The number of hydrogen-bond donors (Lipinski definition) is 3. The van der Waals surface area contributed by atoms with Crippen molar-refractivity contribution in [3.63, 3.8) is 0 Å². The molecule has 3 N–H and O–H groups in total. The number of nitrogens with one attached hydrogen (secondary N) is 3. The molecule has 5 heterocycles. The highest BCUT2D eigenvalue weighted by molar-refractivity contribution is 5.90. The molecular formula is C88H149N3O20. The number of carbonyl (C=O) groups excluding carboxylic acids is 8. The SMILES string of the molecule is CC1(C)CC(OC(=O)CC(C(=O)OC2CC(C)(C)NC(C)(C)C2)C(CC(=O)OCC(C)(C)C2OCC3(COC(C(C)(C)COC(=O)CC(C(=O)OC4CC(C)(C)NC(C)(C)C4)C(CC(=O)OC4CC(C)(C)NC(C)(C)C4)C(=O)OC4CC(C)(C)CC(C)(C)C4)OC3)CO2)C(=O)OC2CC(C)(C)CC(C)(C)C2)CC(C)(C)C1. The van der Waals surface area contributed by atoms with Crippen LogP contribution in [0.15, 0.2) is 0 Å². The van der Waals surface area contributed by atoms with Crippen LogP contribution in [0.5, 0.6) is 0 Å². The lowest BCUT2D eigenvalue weighted by Gasteiger charge is -2.48. The van der Waals surface area contributed by atoms with Crippen molar-refractivity contribution in [1.82, 2.24) is 16.0 Å². The second-order valence-electron chi connectivity index (χ2n) is 46.1. The third kappa shape index (κ3) is 27.3. The smallest absolute Gasteiger partial charge is 0.310 e. The van der Waals surface area contributed by atoms with Gasteiger partial charge in [0.05, 0.1) is 81.2 Å². The predicted molar refractivity (Wildman–Crippen MR) is 421 cm³/mol. The molecule has 0 amide bonds. The molecule has 0 aromatic rings. The summed E-state index contributed by atoms with van der Waals surface area (Å²) in [5, 5.41) is 10.9. The Morgan fingerprint density at radius 3 is 0.712 bits per heavy atom. The van der Waals surface area contributed by atoms with Gasteiger partial charge in [-0.1, -0.05) is 111 Å². The van der Waals surface area contributed by atoms with Gasteiger partial charge in [0, 0.05) is 82.6 Å². The molecule has 3 saturated carbocycles. The Bertz CT molecular complexity index is 2990. The summed E-state index contributed by atoms with van der Waals surface area (Å²) < 4.78 is 76.2. The number of esters is 8. The first kappa shape index (κ1) is 92.0. The van der Waals surface area contributed by atoms with E-state index < -0.39 is 185 Å². The summed E-state index contributed by atoms with van der Waals surface area (Å²) in [7, 11) is 0. The van der Waals surface area contributed by atoms with Crippen LogP contribution < -0.4 is 16.0 Å². The van der Waals surface area contributed by atoms with Gasteiger partial charge in [-0.3, -0.25) is 38.4 Å². The Labute approximate surface area is 666 Å². The fraction of sp³-hybridized carbons (Fsp3) is 0.909. The molecule has 23 heteroatoms. The molecule has 8 aliphatic rings. The average molecular weight is 1570 g/mol. The highest BCUT2D eigenvalue weighted by atomic mass is 16.7. The van der Waals surface area contributed by atoms with Crippen LogP contribution in [0.1, 0.15) is 316 Å². The van der Waals surface area contributed by atoms with Gasteiger partial charge in [0.1, 0.15) is 49.8 Å². The number of rotatable bonds is 26. The molecule has 8 rings (SSSR count). The van der Waals surface area contributed by atoms with Crippen molar-refractivity contribution in [2.24, 2.45) is 72.4 Å². The maximum atomic E-state index is 15.1. The Kier molecular flexibility index (Phi) is 27.7. The van der Waals surface area contributed by atoms with Gasteiger partial charge in [-0.05, 0) is 173 Å². The lowest BCUT2D eigenvalue weighted by Crippen LogP contribution is -2.60. The van der Waals surface area contributed by atoms with Crippen LogP contribution in [0, 0.1) is 72.4 Å². The molecule has 0 bridgehead atoms. The Balaban J connectivity index is 0.933. The second-order valence-corrected chi connectivity index (χ2v) is 46.1. The van der Waals surface area contributed by atoms with Crippen molar-refractivity contribution in [1.29, 1.82) is 0 Å². The zero-order valence-corrected chi connectivity index (χ0v) is 73.8.